The number of rotatable bonds is 2. The minimum absolute atomic E-state index is 0. The van der Waals surface area contributed by atoms with E-state index in [1.165, 1.54) is 16.7 Å². The van der Waals surface area contributed by atoms with Crippen LogP contribution in [0.4, 0.5) is 0 Å². The topological polar surface area (TPSA) is 0 Å². The van der Waals surface area contributed by atoms with Gasteiger partial charge in [-0.2, -0.15) is 24.8 Å². The van der Waals surface area contributed by atoms with E-state index in [1.807, 2.05) is 36.8 Å². The van der Waals surface area contributed by atoms with Crippen LogP contribution in [0.15, 0.2) is 67.3 Å². The maximum atomic E-state index is 3.66. The van der Waals surface area contributed by atoms with Crippen LogP contribution < -0.4 is 12.4 Å². The Kier molecular flexibility index (Phi) is 16.7. The maximum absolute atomic E-state index is 3.66. The Labute approximate surface area is 167 Å². The van der Waals surface area contributed by atoms with E-state index in [-0.39, 0.29) is 38.6 Å². The van der Waals surface area contributed by atoms with Crippen LogP contribution in [0.3, 0.4) is 0 Å². The summed E-state index contributed by atoms with van der Waals surface area (Å²) in [5.41, 5.74) is 3.84. The molecule has 0 aliphatic heterocycles. The normalized spacial score (nSPS) is 12.1. The molecule has 0 heterocycles. The number of benzene rings is 1. The van der Waals surface area contributed by atoms with E-state index in [9.17, 15) is 0 Å². The number of allylic oxidation sites excluding steroid dienone is 9. The molecule has 0 atom stereocenters. The van der Waals surface area contributed by atoms with Crippen molar-refractivity contribution in [1.29, 1.82) is 0 Å². The van der Waals surface area contributed by atoms with Crippen molar-refractivity contribution in [2.45, 2.75) is 26.7 Å². The van der Waals surface area contributed by atoms with Crippen LogP contribution in [-0.2, 0) is 26.2 Å². The summed E-state index contributed by atoms with van der Waals surface area (Å²) < 4.78 is 0. The molecule has 0 amide bonds. The first-order valence-corrected chi connectivity index (χ1v) is 7.20. The molecule has 0 saturated carbocycles. The number of hydrogen-bond donors (Lipinski definition) is 0. The van der Waals surface area contributed by atoms with E-state index in [4.69, 9.17) is 0 Å². The Balaban J connectivity index is 0. The summed E-state index contributed by atoms with van der Waals surface area (Å²) in [6.45, 7) is 7.87. The number of aryl methyl sites for hydroxylation is 2. The van der Waals surface area contributed by atoms with E-state index >= 15 is 0 Å². The largest absolute Gasteiger partial charge is 4.00 e. The first-order chi connectivity index (χ1) is 10.2. The zero-order chi connectivity index (χ0) is 15.3. The molecule has 0 aromatic heterocycles. The van der Waals surface area contributed by atoms with Crippen molar-refractivity contribution in [3.63, 3.8) is 0 Å². The smallest absolute Gasteiger partial charge is 1.00 e. The van der Waals surface area contributed by atoms with Crippen LogP contribution in [0.1, 0.15) is 29.5 Å². The fourth-order valence-corrected chi connectivity index (χ4v) is 1.92. The number of hydrogen-bond acceptors (Lipinski definition) is 0. The van der Waals surface area contributed by atoms with Gasteiger partial charge in [-0.1, -0.05) is 17.2 Å². The quantitative estimate of drug-likeness (QED) is 0.668. The Bertz CT molecular complexity index is 489. The third-order valence-electron chi connectivity index (χ3n) is 2.73. The summed E-state index contributed by atoms with van der Waals surface area (Å²) in [7, 11) is 0. The van der Waals surface area contributed by atoms with Crippen LogP contribution in [0.2, 0.25) is 0 Å². The SMILES string of the molecule is C=C[CH-]c1cc(C)cc(C)c1.[C-]1=CC=CC1.[C-]1=CC=CC1.[Cl-].[Zr+4]. The fraction of sp³-hybridized carbons (Fsp3) is 0.190. The summed E-state index contributed by atoms with van der Waals surface area (Å²) in [6, 6.07) is 6.46. The second-order valence-corrected chi connectivity index (χ2v) is 4.83. The number of halogens is 1. The Morgan fingerprint density at radius 3 is 1.70 bits per heavy atom. The molecule has 1 aromatic rings. The second-order valence-electron chi connectivity index (χ2n) is 4.83. The molecule has 0 saturated heterocycles. The molecule has 2 heteroatoms. The molecular formula is C21H23ClZr. The van der Waals surface area contributed by atoms with Gasteiger partial charge in [-0.05, 0) is 13.8 Å². The molecule has 3 rings (SSSR count). The Morgan fingerprint density at radius 2 is 1.43 bits per heavy atom. The van der Waals surface area contributed by atoms with Gasteiger partial charge in [0, 0.05) is 0 Å². The van der Waals surface area contributed by atoms with Gasteiger partial charge in [-0.15, -0.1) is 37.0 Å². The molecule has 0 N–H and O–H groups in total. The van der Waals surface area contributed by atoms with Gasteiger partial charge >= 0.3 is 26.2 Å². The van der Waals surface area contributed by atoms with Gasteiger partial charge in [0.2, 0.25) is 0 Å². The molecule has 23 heavy (non-hydrogen) atoms. The second kappa shape index (κ2) is 15.8. The third kappa shape index (κ3) is 13.1. The summed E-state index contributed by atoms with van der Waals surface area (Å²) >= 11 is 0. The molecule has 2 aliphatic rings. The van der Waals surface area contributed by atoms with Gasteiger partial charge in [0.25, 0.3) is 0 Å². The maximum Gasteiger partial charge on any atom is 4.00 e. The van der Waals surface area contributed by atoms with Crippen molar-refractivity contribution in [3.05, 3.63) is 103 Å². The first kappa shape index (κ1) is 24.2. The van der Waals surface area contributed by atoms with Gasteiger partial charge < -0.3 is 12.4 Å². The monoisotopic (exact) mass is 400 g/mol. The van der Waals surface area contributed by atoms with Gasteiger partial charge in [0.05, 0.1) is 0 Å². The average Bonchev–Trinajstić information content (AvgIpc) is 3.18. The molecule has 0 bridgehead atoms. The van der Waals surface area contributed by atoms with Crippen molar-refractivity contribution >= 4 is 0 Å². The molecule has 118 valence electrons. The molecule has 1 aromatic carbocycles. The zero-order valence-corrected chi connectivity index (χ0v) is 17.1. The molecule has 2 aliphatic carbocycles. The molecule has 0 radical (unpaired) electrons. The molecule has 0 spiro atoms. The van der Waals surface area contributed by atoms with E-state index in [0.29, 0.717) is 0 Å². The van der Waals surface area contributed by atoms with Gasteiger partial charge in [0.15, 0.2) is 0 Å². The van der Waals surface area contributed by atoms with Gasteiger partial charge in [-0.25, -0.2) is 24.3 Å². The summed E-state index contributed by atoms with van der Waals surface area (Å²) in [4.78, 5) is 0. The predicted octanol–water partition coefficient (Wildman–Crippen LogP) is 2.65. The van der Waals surface area contributed by atoms with E-state index < -0.39 is 0 Å². The standard InChI is InChI=1S/C11H13.2C5H5.ClH.Zr/c1-4-5-11-7-9(2)6-10(3)8-11;2*1-2-4-5-3-1;;/h4-8H,1H2,2-3H3;2*1-3H,4H2;1H;/q3*-1;;+4/p-1. The van der Waals surface area contributed by atoms with E-state index in [1.54, 1.807) is 0 Å². The molecule has 0 unspecified atom stereocenters. The van der Waals surface area contributed by atoms with Crippen LogP contribution in [0.25, 0.3) is 0 Å². The fourth-order valence-electron chi connectivity index (χ4n) is 1.92. The van der Waals surface area contributed by atoms with Crippen LogP contribution in [-0.4, -0.2) is 0 Å². The van der Waals surface area contributed by atoms with Crippen molar-refractivity contribution in [3.8, 4) is 0 Å². The minimum atomic E-state index is 0. The summed E-state index contributed by atoms with van der Waals surface area (Å²) in [5.74, 6) is 0. The molecular weight excluding hydrogens is 379 g/mol. The zero-order valence-electron chi connectivity index (χ0n) is 13.9. The van der Waals surface area contributed by atoms with Crippen molar-refractivity contribution in [2.24, 2.45) is 0 Å². The Hall–Kier alpha value is -1.04. The van der Waals surface area contributed by atoms with E-state index in [0.717, 1.165) is 12.8 Å². The summed E-state index contributed by atoms with van der Waals surface area (Å²) in [6.07, 6.45) is 23.8. The predicted molar refractivity (Wildman–Crippen MR) is 92.7 cm³/mol. The minimum Gasteiger partial charge on any atom is -1.00 e. The van der Waals surface area contributed by atoms with Crippen molar-refractivity contribution in [1.82, 2.24) is 0 Å². The van der Waals surface area contributed by atoms with Gasteiger partial charge in [0.1, 0.15) is 0 Å². The molecule has 0 nitrogen and oxygen atoms in total. The third-order valence-corrected chi connectivity index (χ3v) is 2.73. The van der Waals surface area contributed by atoms with Crippen molar-refractivity contribution in [2.75, 3.05) is 0 Å². The van der Waals surface area contributed by atoms with Crippen LogP contribution in [0.5, 0.6) is 0 Å². The average molecular weight is 402 g/mol. The summed E-state index contributed by atoms with van der Waals surface area (Å²) in [5, 5.41) is 0. The van der Waals surface area contributed by atoms with Gasteiger partial charge in [-0.3, -0.25) is 12.2 Å². The Morgan fingerprint density at radius 1 is 0.957 bits per heavy atom. The van der Waals surface area contributed by atoms with Crippen molar-refractivity contribution < 1.29 is 38.6 Å². The van der Waals surface area contributed by atoms with Crippen LogP contribution >= 0.6 is 0 Å². The first-order valence-electron chi connectivity index (χ1n) is 7.20. The van der Waals surface area contributed by atoms with E-state index in [2.05, 4.69) is 62.9 Å². The molecule has 0 fully saturated rings. The van der Waals surface area contributed by atoms with Crippen LogP contribution in [0, 0.1) is 32.4 Å².